The van der Waals surface area contributed by atoms with E-state index in [0.29, 0.717) is 12.0 Å². The highest BCUT2D eigenvalue weighted by Gasteiger charge is 2.25. The lowest BCUT2D eigenvalue weighted by Gasteiger charge is -2.17. The fraction of sp³-hybridized carbons (Fsp3) is 0.471. The Morgan fingerprint density at radius 1 is 1.33 bits per heavy atom. The SMILES string of the molecule is CCC1OCCC1CNCc1ccc(-n2ccnc2)cc1. The summed E-state index contributed by atoms with van der Waals surface area (Å²) >= 11 is 0. The molecule has 2 heterocycles. The average Bonchev–Trinajstić information content (AvgIpc) is 3.19. The standard InChI is InChI=1S/C17H23N3O/c1-2-17-15(7-10-21-17)12-19-11-14-3-5-16(6-4-14)20-9-8-18-13-20/h3-6,8-9,13,15,17,19H,2,7,10-12H2,1H3. The fourth-order valence-electron chi connectivity index (χ4n) is 2.98. The van der Waals surface area contributed by atoms with Gasteiger partial charge in [0, 0.05) is 37.8 Å². The van der Waals surface area contributed by atoms with E-state index in [0.717, 1.165) is 31.8 Å². The summed E-state index contributed by atoms with van der Waals surface area (Å²) in [7, 11) is 0. The van der Waals surface area contributed by atoms with Gasteiger partial charge in [-0.1, -0.05) is 19.1 Å². The van der Waals surface area contributed by atoms with Crippen LogP contribution < -0.4 is 5.32 Å². The lowest BCUT2D eigenvalue weighted by Crippen LogP contribution is -2.27. The van der Waals surface area contributed by atoms with Gasteiger partial charge in [-0.3, -0.25) is 0 Å². The van der Waals surface area contributed by atoms with Crippen LogP contribution in [0.15, 0.2) is 43.0 Å². The third-order valence-electron chi connectivity index (χ3n) is 4.22. The smallest absolute Gasteiger partial charge is 0.0991 e. The topological polar surface area (TPSA) is 39.1 Å². The molecule has 0 bridgehead atoms. The van der Waals surface area contributed by atoms with Crippen molar-refractivity contribution in [2.45, 2.75) is 32.4 Å². The summed E-state index contributed by atoms with van der Waals surface area (Å²) in [5.41, 5.74) is 2.46. The zero-order chi connectivity index (χ0) is 14.5. The van der Waals surface area contributed by atoms with Gasteiger partial charge in [0.25, 0.3) is 0 Å². The third-order valence-corrected chi connectivity index (χ3v) is 4.22. The minimum Gasteiger partial charge on any atom is -0.378 e. The highest BCUT2D eigenvalue weighted by Crippen LogP contribution is 2.22. The maximum absolute atomic E-state index is 5.73. The quantitative estimate of drug-likeness (QED) is 0.887. The van der Waals surface area contributed by atoms with Crippen LogP contribution in [0.5, 0.6) is 0 Å². The molecule has 2 unspecified atom stereocenters. The molecule has 112 valence electrons. The first kappa shape index (κ1) is 14.3. The highest BCUT2D eigenvalue weighted by atomic mass is 16.5. The van der Waals surface area contributed by atoms with Crippen molar-refractivity contribution in [1.29, 1.82) is 0 Å². The molecule has 0 spiro atoms. The number of aromatic nitrogens is 2. The molecular formula is C17H23N3O. The fourth-order valence-corrected chi connectivity index (χ4v) is 2.98. The van der Waals surface area contributed by atoms with E-state index in [2.05, 4.69) is 41.5 Å². The molecule has 1 saturated heterocycles. The summed E-state index contributed by atoms with van der Waals surface area (Å²) in [6.45, 7) is 5.08. The van der Waals surface area contributed by atoms with Crippen LogP contribution in [0.25, 0.3) is 5.69 Å². The first-order valence-electron chi connectivity index (χ1n) is 7.76. The number of nitrogens with one attached hydrogen (secondary N) is 1. The van der Waals surface area contributed by atoms with Crippen molar-refractivity contribution in [2.75, 3.05) is 13.2 Å². The molecule has 1 N–H and O–H groups in total. The van der Waals surface area contributed by atoms with Gasteiger partial charge in [-0.2, -0.15) is 0 Å². The van der Waals surface area contributed by atoms with Crippen molar-refractivity contribution in [3.05, 3.63) is 48.5 Å². The molecule has 0 saturated carbocycles. The van der Waals surface area contributed by atoms with Crippen molar-refractivity contribution in [2.24, 2.45) is 5.92 Å². The van der Waals surface area contributed by atoms with E-state index in [-0.39, 0.29) is 0 Å². The second kappa shape index (κ2) is 6.87. The summed E-state index contributed by atoms with van der Waals surface area (Å²) in [6.07, 6.45) is 8.32. The monoisotopic (exact) mass is 285 g/mol. The van der Waals surface area contributed by atoms with Crippen LogP contribution in [0, 0.1) is 5.92 Å². The number of imidazole rings is 1. The normalized spacial score (nSPS) is 21.8. The summed E-state index contributed by atoms with van der Waals surface area (Å²) in [5, 5.41) is 3.56. The van der Waals surface area contributed by atoms with Crippen molar-refractivity contribution >= 4 is 0 Å². The first-order chi connectivity index (χ1) is 10.4. The molecule has 0 amide bonds. The van der Waals surface area contributed by atoms with Crippen LogP contribution in [0.4, 0.5) is 0 Å². The number of nitrogens with zero attached hydrogens (tertiary/aromatic N) is 2. The first-order valence-corrected chi connectivity index (χ1v) is 7.76. The summed E-state index contributed by atoms with van der Waals surface area (Å²) in [5.74, 6) is 0.667. The molecule has 4 nitrogen and oxygen atoms in total. The molecule has 0 radical (unpaired) electrons. The molecule has 1 aliphatic heterocycles. The Balaban J connectivity index is 1.49. The number of hydrogen-bond acceptors (Lipinski definition) is 3. The Morgan fingerprint density at radius 3 is 2.90 bits per heavy atom. The predicted molar refractivity (Wildman–Crippen MR) is 83.4 cm³/mol. The second-order valence-electron chi connectivity index (χ2n) is 5.63. The number of rotatable bonds is 6. The van der Waals surface area contributed by atoms with E-state index < -0.39 is 0 Å². The van der Waals surface area contributed by atoms with Crippen LogP contribution in [-0.2, 0) is 11.3 Å². The lowest BCUT2D eigenvalue weighted by molar-refractivity contribution is 0.0872. The summed E-state index contributed by atoms with van der Waals surface area (Å²) < 4.78 is 7.74. The molecule has 3 rings (SSSR count). The number of benzene rings is 1. The molecule has 2 aromatic rings. The van der Waals surface area contributed by atoms with E-state index >= 15 is 0 Å². The highest BCUT2D eigenvalue weighted by molar-refractivity contribution is 5.34. The predicted octanol–water partition coefficient (Wildman–Crippen LogP) is 2.78. The van der Waals surface area contributed by atoms with Crippen molar-refractivity contribution < 1.29 is 4.74 Å². The van der Waals surface area contributed by atoms with Crippen molar-refractivity contribution in [3.8, 4) is 5.69 Å². The molecule has 1 aromatic heterocycles. The lowest BCUT2D eigenvalue weighted by atomic mass is 9.99. The number of ether oxygens (including phenoxy) is 1. The Hall–Kier alpha value is -1.65. The Bertz CT molecular complexity index is 536. The van der Waals surface area contributed by atoms with Gasteiger partial charge in [0.2, 0.25) is 0 Å². The van der Waals surface area contributed by atoms with Crippen LogP contribution in [-0.4, -0.2) is 28.8 Å². The molecule has 1 fully saturated rings. The second-order valence-corrected chi connectivity index (χ2v) is 5.63. The maximum atomic E-state index is 5.73. The van der Waals surface area contributed by atoms with Crippen LogP contribution >= 0.6 is 0 Å². The van der Waals surface area contributed by atoms with Crippen LogP contribution in [0.3, 0.4) is 0 Å². The van der Waals surface area contributed by atoms with Gasteiger partial charge in [-0.05, 0) is 36.5 Å². The maximum Gasteiger partial charge on any atom is 0.0991 e. The van der Waals surface area contributed by atoms with Crippen molar-refractivity contribution in [1.82, 2.24) is 14.9 Å². The van der Waals surface area contributed by atoms with Crippen LogP contribution in [0.1, 0.15) is 25.3 Å². The zero-order valence-corrected chi connectivity index (χ0v) is 12.5. The summed E-state index contributed by atoms with van der Waals surface area (Å²) in [4.78, 5) is 4.07. The van der Waals surface area contributed by atoms with Crippen molar-refractivity contribution in [3.63, 3.8) is 0 Å². The van der Waals surface area contributed by atoms with Gasteiger partial charge >= 0.3 is 0 Å². The molecule has 4 heteroatoms. The van der Waals surface area contributed by atoms with Gasteiger partial charge in [-0.15, -0.1) is 0 Å². The molecule has 0 aliphatic carbocycles. The van der Waals surface area contributed by atoms with Crippen LogP contribution in [0.2, 0.25) is 0 Å². The van der Waals surface area contributed by atoms with Gasteiger partial charge in [-0.25, -0.2) is 4.98 Å². The minimum absolute atomic E-state index is 0.445. The van der Waals surface area contributed by atoms with Gasteiger partial charge in [0.1, 0.15) is 0 Å². The average molecular weight is 285 g/mol. The largest absolute Gasteiger partial charge is 0.378 e. The summed E-state index contributed by atoms with van der Waals surface area (Å²) in [6, 6.07) is 8.61. The van der Waals surface area contributed by atoms with E-state index in [1.165, 1.54) is 12.0 Å². The molecule has 1 aromatic carbocycles. The zero-order valence-electron chi connectivity index (χ0n) is 12.5. The van der Waals surface area contributed by atoms with E-state index in [9.17, 15) is 0 Å². The number of hydrogen-bond donors (Lipinski definition) is 1. The Labute approximate surface area is 126 Å². The third kappa shape index (κ3) is 3.52. The minimum atomic E-state index is 0.445. The van der Waals surface area contributed by atoms with E-state index in [1.54, 1.807) is 6.20 Å². The van der Waals surface area contributed by atoms with E-state index in [4.69, 9.17) is 4.74 Å². The Kier molecular flexibility index (Phi) is 4.68. The molecule has 2 atom stereocenters. The van der Waals surface area contributed by atoms with Gasteiger partial charge in [0.05, 0.1) is 12.4 Å². The molecular weight excluding hydrogens is 262 g/mol. The Morgan fingerprint density at radius 2 is 2.19 bits per heavy atom. The van der Waals surface area contributed by atoms with Gasteiger partial charge in [0.15, 0.2) is 0 Å². The van der Waals surface area contributed by atoms with E-state index in [1.807, 2.05) is 17.1 Å². The molecule has 21 heavy (non-hydrogen) atoms. The van der Waals surface area contributed by atoms with Gasteiger partial charge < -0.3 is 14.6 Å². The molecule has 1 aliphatic rings.